The third-order valence-corrected chi connectivity index (χ3v) is 16.2. The first-order chi connectivity index (χ1) is 36.2. The van der Waals surface area contributed by atoms with Gasteiger partial charge in [-0.15, -0.1) is 5.73 Å². The zero-order valence-electron chi connectivity index (χ0n) is 46.8. The number of rotatable bonds is 20. The summed E-state index contributed by atoms with van der Waals surface area (Å²) < 4.78 is 79.1. The molecule has 0 radical (unpaired) electrons. The normalized spacial score (nSPS) is 12.9. The van der Waals surface area contributed by atoms with Crippen molar-refractivity contribution < 1.29 is 49.6 Å². The number of ether oxygens (including phenoxy) is 3. The number of hydrogen-bond donors (Lipinski definition) is 0. The first kappa shape index (κ1) is 63.3. The number of alkyl halides is 3. The van der Waals surface area contributed by atoms with Crippen LogP contribution in [-0.2, 0) is 33.4 Å². The van der Waals surface area contributed by atoms with Crippen LogP contribution in [0.4, 0.5) is 13.2 Å². The predicted molar refractivity (Wildman–Crippen MR) is 312 cm³/mol. The number of esters is 2. The molecule has 0 bridgehead atoms. The predicted octanol–water partition coefficient (Wildman–Crippen LogP) is 15.9. The third kappa shape index (κ3) is 19.0. The van der Waals surface area contributed by atoms with E-state index in [0.29, 0.717) is 31.8 Å². The van der Waals surface area contributed by atoms with Gasteiger partial charge in [0.25, 0.3) is 0 Å². The molecule has 0 aliphatic rings. The number of halogens is 3. The maximum absolute atomic E-state index is 12.3. The highest BCUT2D eigenvalue weighted by molar-refractivity contribution is 7.87. The molecular formula is C64H78F3O8PS. The van der Waals surface area contributed by atoms with Gasteiger partial charge in [0.15, 0.2) is 0 Å². The summed E-state index contributed by atoms with van der Waals surface area (Å²) in [6.07, 6.45) is 4.69. The molecule has 0 saturated carbocycles. The van der Waals surface area contributed by atoms with Crippen molar-refractivity contribution in [1.29, 1.82) is 0 Å². The van der Waals surface area contributed by atoms with E-state index in [4.69, 9.17) is 14.2 Å². The molecule has 6 rings (SSSR count). The van der Waals surface area contributed by atoms with Gasteiger partial charge < -0.3 is 18.4 Å². The van der Waals surface area contributed by atoms with E-state index in [1.807, 2.05) is 34.6 Å². The van der Waals surface area contributed by atoms with Gasteiger partial charge in [0.1, 0.15) is 11.5 Å². The second-order valence-electron chi connectivity index (χ2n) is 21.6. The van der Waals surface area contributed by atoms with Crippen molar-refractivity contribution in [2.24, 2.45) is 28.6 Å². The van der Waals surface area contributed by atoms with Gasteiger partial charge in [-0.1, -0.05) is 161 Å². The molecule has 0 aliphatic carbocycles. The molecule has 0 amide bonds. The molecule has 0 fully saturated rings. The first-order valence-electron chi connectivity index (χ1n) is 26.1. The van der Waals surface area contributed by atoms with Crippen molar-refractivity contribution in [2.75, 3.05) is 20.3 Å². The molecule has 77 heavy (non-hydrogen) atoms. The minimum Gasteiger partial charge on any atom is -0.496 e. The summed E-state index contributed by atoms with van der Waals surface area (Å²) in [5, 5.41) is 8.92. The Morgan fingerprint density at radius 2 is 1.08 bits per heavy atom. The highest BCUT2D eigenvalue weighted by Gasteiger charge is 2.49. The molecular weight excluding hydrogens is 1020 g/mol. The smallest absolute Gasteiger partial charge is 0.496 e. The lowest BCUT2D eigenvalue weighted by molar-refractivity contribution is -0.153. The summed E-state index contributed by atoms with van der Waals surface area (Å²) in [4.78, 5) is 23.1. The van der Waals surface area contributed by atoms with Gasteiger partial charge in [0.2, 0.25) is 0 Å². The van der Waals surface area contributed by atoms with Crippen LogP contribution in [0.25, 0.3) is 32.7 Å². The molecule has 0 aliphatic heterocycles. The maximum atomic E-state index is 12.3. The largest absolute Gasteiger partial charge is 0.534 e. The average molecular weight is 1100 g/mol. The van der Waals surface area contributed by atoms with Crippen LogP contribution in [0.3, 0.4) is 0 Å². The summed E-state index contributed by atoms with van der Waals surface area (Å²) in [5.74, 6) is 0.139. The van der Waals surface area contributed by atoms with Gasteiger partial charge in [-0.2, -0.15) is 21.6 Å². The average Bonchev–Trinajstić information content (AvgIpc) is 3.39. The molecule has 3 atom stereocenters. The summed E-state index contributed by atoms with van der Waals surface area (Å²) in [5.41, 5.74) is 0.0881. The minimum absolute atomic E-state index is 0.0669. The van der Waals surface area contributed by atoms with Gasteiger partial charge in [-0.05, 0) is 156 Å². The maximum Gasteiger partial charge on any atom is 0.534 e. The fourth-order valence-electron chi connectivity index (χ4n) is 8.42. The van der Waals surface area contributed by atoms with E-state index in [1.54, 1.807) is 34.8 Å². The third-order valence-electron chi connectivity index (χ3n) is 12.7. The minimum atomic E-state index is -5.68. The van der Waals surface area contributed by atoms with Crippen LogP contribution < -0.4 is 20.7 Å². The van der Waals surface area contributed by atoms with E-state index < -0.39 is 46.1 Å². The second-order valence-corrected chi connectivity index (χ2v) is 25.3. The number of methoxy groups -OCH3 is 1. The van der Waals surface area contributed by atoms with Crippen LogP contribution in [0.2, 0.25) is 0 Å². The number of benzene rings is 6. The Bertz CT molecular complexity index is 3010. The van der Waals surface area contributed by atoms with E-state index in [1.165, 1.54) is 48.6 Å². The van der Waals surface area contributed by atoms with Gasteiger partial charge in [0.05, 0.1) is 31.2 Å². The summed E-state index contributed by atoms with van der Waals surface area (Å²) in [7, 11) is -4.70. The lowest BCUT2D eigenvalue weighted by atomic mass is 9.93. The second kappa shape index (κ2) is 29.0. The Hall–Kier alpha value is -6.19. The number of fused-ring (bicyclic) bond motifs is 2. The molecule has 414 valence electrons. The van der Waals surface area contributed by atoms with Crippen molar-refractivity contribution in [3.05, 3.63) is 164 Å². The van der Waals surface area contributed by atoms with E-state index in [9.17, 15) is 31.2 Å². The van der Waals surface area contributed by atoms with E-state index >= 15 is 0 Å². The van der Waals surface area contributed by atoms with Gasteiger partial charge in [-0.3, -0.25) is 9.59 Å². The molecule has 13 heteroatoms. The standard InChI is InChI=1S/C33H25OP.C16H27F3O5S.C15H26O2/c1-34-30-22-20-24-12-8-10-18-28(24)32(30)33-29-19-11-9-13-25(29)21-23-31(33)35(26-14-4-2-5-15-26)27-16-6-3-7-17-27;1-11(8-7-9-23-14(20)15(4,5)6)10-12(2)13(3)24-25(21,22)16(17,18)19;1-7-12(2)11-13(3)9-8-10-17-14(16)15(4,5)6/h2-23H,1H3;11-12H,3,7-10H2,1-2,4-6H3;13H,1,8-11H2,2-6H3/t;11-,12?;13-/m.11/s1. The van der Waals surface area contributed by atoms with Gasteiger partial charge in [-0.25, -0.2) is 0 Å². The number of hydrogen-bond acceptors (Lipinski definition) is 8. The highest BCUT2D eigenvalue weighted by atomic mass is 32.2. The van der Waals surface area contributed by atoms with Crippen molar-refractivity contribution in [3.63, 3.8) is 0 Å². The van der Waals surface area contributed by atoms with Crippen molar-refractivity contribution in [1.82, 2.24) is 0 Å². The van der Waals surface area contributed by atoms with E-state index in [-0.39, 0.29) is 24.5 Å². The Morgan fingerprint density at radius 1 is 0.636 bits per heavy atom. The fourth-order valence-corrected chi connectivity index (χ4v) is 11.4. The topological polar surface area (TPSA) is 105 Å². The van der Waals surface area contributed by atoms with Crippen LogP contribution in [0.1, 0.15) is 108 Å². The number of carbonyl (C=O) groups excluding carboxylic acids is 2. The number of allylic oxidation sites excluding steroid dienone is 2. The lowest BCUT2D eigenvalue weighted by Crippen LogP contribution is -2.26. The SMILES string of the molecule is C=C(OS(=O)(=O)C(F)(F)F)C(C)C[C@H](C)CCCOC(=O)C(C)(C)C.C=C=C(C)C[C@H](C)CCCOC(=O)C(C)(C)C.COc1ccc2ccccc2c1-c1c(P(c2ccccc2)c2ccccc2)ccc2ccccc12. The zero-order valence-corrected chi connectivity index (χ0v) is 48.5. The van der Waals surface area contributed by atoms with E-state index in [2.05, 4.69) is 163 Å². The molecule has 0 heterocycles. The van der Waals surface area contributed by atoms with E-state index in [0.717, 1.165) is 30.6 Å². The Morgan fingerprint density at radius 3 is 1.53 bits per heavy atom. The molecule has 6 aromatic carbocycles. The highest BCUT2D eigenvalue weighted by Crippen LogP contribution is 2.45. The van der Waals surface area contributed by atoms with Gasteiger partial charge in [0, 0.05) is 17.0 Å². The van der Waals surface area contributed by atoms with Crippen LogP contribution in [0.15, 0.2) is 164 Å². The number of carbonyl (C=O) groups is 2. The molecule has 0 N–H and O–H groups in total. The van der Waals surface area contributed by atoms with Crippen LogP contribution in [0, 0.1) is 28.6 Å². The monoisotopic (exact) mass is 1090 g/mol. The van der Waals surface area contributed by atoms with Crippen LogP contribution >= 0.6 is 7.92 Å². The van der Waals surface area contributed by atoms with Crippen LogP contribution in [-0.4, -0.2) is 46.2 Å². The molecule has 6 aromatic rings. The Kier molecular flexibility index (Phi) is 23.8. The lowest BCUT2D eigenvalue weighted by Gasteiger charge is -2.25. The molecule has 0 aromatic heterocycles. The van der Waals surface area contributed by atoms with Gasteiger partial charge >= 0.3 is 27.6 Å². The fraction of sp³-hybridized carbons (Fsp3) is 0.391. The Balaban J connectivity index is 0.000000269. The molecule has 1 unspecified atom stereocenters. The quantitative estimate of drug-likeness (QED) is 0.0142. The molecule has 0 spiro atoms. The summed E-state index contributed by atoms with van der Waals surface area (Å²) >= 11 is 0. The van der Waals surface area contributed by atoms with Crippen molar-refractivity contribution in [3.8, 4) is 16.9 Å². The first-order valence-corrected chi connectivity index (χ1v) is 28.8. The Labute approximate surface area is 457 Å². The molecule has 0 saturated heterocycles. The summed E-state index contributed by atoms with van der Waals surface area (Å²) in [6.45, 7) is 26.2. The van der Waals surface area contributed by atoms with Crippen molar-refractivity contribution in [2.45, 2.75) is 113 Å². The zero-order chi connectivity index (χ0) is 57.1. The summed E-state index contributed by atoms with van der Waals surface area (Å²) in [6, 6.07) is 48.0. The van der Waals surface area contributed by atoms with Crippen LogP contribution in [0.5, 0.6) is 5.75 Å². The molecule has 8 nitrogen and oxygen atoms in total. The van der Waals surface area contributed by atoms with Crippen molar-refractivity contribution >= 4 is 67.4 Å².